The van der Waals surface area contributed by atoms with E-state index in [4.69, 9.17) is 4.98 Å². The molecular formula is C11H16N2S. The lowest BCUT2D eigenvalue weighted by atomic mass is 9.86. The SMILES string of the molecule is c1sc(C2CCC2)nc1[C@@H]1CCCN1. The maximum atomic E-state index is 4.77. The molecule has 1 aliphatic heterocycles. The van der Waals surface area contributed by atoms with Gasteiger partial charge in [0.05, 0.1) is 16.7 Å². The van der Waals surface area contributed by atoms with Crippen molar-refractivity contribution in [1.29, 1.82) is 0 Å². The van der Waals surface area contributed by atoms with Crippen molar-refractivity contribution in [3.63, 3.8) is 0 Å². The lowest BCUT2D eigenvalue weighted by molar-refractivity contribution is 0.417. The standard InChI is InChI=1S/C11H16N2S/c1-3-8(4-1)11-13-10(7-14-11)9-5-2-6-12-9/h7-9,12H,1-6H2/t9-/m0/s1. The highest BCUT2D eigenvalue weighted by molar-refractivity contribution is 7.09. The van der Waals surface area contributed by atoms with Gasteiger partial charge in [-0.15, -0.1) is 11.3 Å². The average Bonchev–Trinajstić information content (AvgIpc) is 2.65. The maximum absolute atomic E-state index is 4.77. The van der Waals surface area contributed by atoms with Crippen LogP contribution >= 0.6 is 11.3 Å². The topological polar surface area (TPSA) is 24.9 Å². The Hall–Kier alpha value is -0.410. The summed E-state index contributed by atoms with van der Waals surface area (Å²) < 4.78 is 0. The van der Waals surface area contributed by atoms with Gasteiger partial charge in [-0.2, -0.15) is 0 Å². The van der Waals surface area contributed by atoms with Crippen LogP contribution in [0.5, 0.6) is 0 Å². The summed E-state index contributed by atoms with van der Waals surface area (Å²) in [4.78, 5) is 4.77. The van der Waals surface area contributed by atoms with Gasteiger partial charge in [0.25, 0.3) is 0 Å². The van der Waals surface area contributed by atoms with E-state index >= 15 is 0 Å². The van der Waals surface area contributed by atoms with E-state index in [1.165, 1.54) is 49.4 Å². The molecule has 0 unspecified atom stereocenters. The van der Waals surface area contributed by atoms with Crippen LogP contribution in [0.2, 0.25) is 0 Å². The Morgan fingerprint density at radius 3 is 2.86 bits per heavy atom. The monoisotopic (exact) mass is 208 g/mol. The van der Waals surface area contributed by atoms with E-state index in [1.807, 2.05) is 11.3 Å². The summed E-state index contributed by atoms with van der Waals surface area (Å²) in [5.74, 6) is 0.801. The van der Waals surface area contributed by atoms with Crippen LogP contribution in [0, 0.1) is 0 Å². The molecule has 1 atom stereocenters. The van der Waals surface area contributed by atoms with Gasteiger partial charge in [0, 0.05) is 11.3 Å². The summed E-state index contributed by atoms with van der Waals surface area (Å²) in [5.41, 5.74) is 1.30. The molecule has 2 nitrogen and oxygen atoms in total. The fourth-order valence-corrected chi connectivity index (χ4v) is 3.29. The van der Waals surface area contributed by atoms with Crippen LogP contribution in [0.3, 0.4) is 0 Å². The molecule has 2 aliphatic rings. The van der Waals surface area contributed by atoms with Gasteiger partial charge in [0.2, 0.25) is 0 Å². The van der Waals surface area contributed by atoms with Crippen molar-refractivity contribution in [3.8, 4) is 0 Å². The van der Waals surface area contributed by atoms with Crippen LogP contribution in [-0.4, -0.2) is 11.5 Å². The summed E-state index contributed by atoms with van der Waals surface area (Å²) in [6, 6.07) is 0.556. The molecule has 1 saturated heterocycles. The van der Waals surface area contributed by atoms with Crippen molar-refractivity contribution in [2.45, 2.75) is 44.1 Å². The molecule has 2 fully saturated rings. The second kappa shape index (κ2) is 3.63. The maximum Gasteiger partial charge on any atom is 0.0959 e. The van der Waals surface area contributed by atoms with E-state index in [-0.39, 0.29) is 0 Å². The second-order valence-corrected chi connectivity index (χ2v) is 5.28. The third kappa shape index (κ3) is 1.48. The molecule has 0 aromatic carbocycles. The molecule has 0 spiro atoms. The van der Waals surface area contributed by atoms with Crippen molar-refractivity contribution >= 4 is 11.3 Å². The number of rotatable bonds is 2. The van der Waals surface area contributed by atoms with Crippen LogP contribution in [0.4, 0.5) is 0 Å². The Bertz CT molecular complexity index is 311. The molecular weight excluding hydrogens is 192 g/mol. The highest BCUT2D eigenvalue weighted by Gasteiger charge is 2.25. The normalized spacial score (nSPS) is 27.9. The first-order valence-corrected chi connectivity index (χ1v) is 6.50. The lowest BCUT2D eigenvalue weighted by Gasteiger charge is -2.22. The fourth-order valence-electron chi connectivity index (χ4n) is 2.24. The predicted molar refractivity (Wildman–Crippen MR) is 58.7 cm³/mol. The quantitative estimate of drug-likeness (QED) is 0.808. The lowest BCUT2D eigenvalue weighted by Crippen LogP contribution is -2.14. The number of nitrogens with one attached hydrogen (secondary N) is 1. The molecule has 3 heteroatoms. The van der Waals surface area contributed by atoms with E-state index in [2.05, 4.69) is 10.7 Å². The number of aromatic nitrogens is 1. The molecule has 0 amide bonds. The number of nitrogens with zero attached hydrogens (tertiary/aromatic N) is 1. The Labute approximate surface area is 88.7 Å². The molecule has 1 aromatic heterocycles. The van der Waals surface area contributed by atoms with Crippen LogP contribution in [0.1, 0.15) is 54.8 Å². The largest absolute Gasteiger partial charge is 0.309 e. The number of hydrogen-bond acceptors (Lipinski definition) is 3. The third-order valence-corrected chi connectivity index (χ3v) is 4.44. The highest BCUT2D eigenvalue weighted by Crippen LogP contribution is 2.38. The Balaban J connectivity index is 1.75. The van der Waals surface area contributed by atoms with Crippen LogP contribution in [0.15, 0.2) is 5.38 Å². The van der Waals surface area contributed by atoms with E-state index in [0.29, 0.717) is 6.04 Å². The first-order valence-electron chi connectivity index (χ1n) is 5.62. The zero-order chi connectivity index (χ0) is 9.38. The van der Waals surface area contributed by atoms with Gasteiger partial charge in [-0.05, 0) is 32.2 Å². The smallest absolute Gasteiger partial charge is 0.0959 e. The molecule has 0 radical (unpaired) electrons. The summed E-state index contributed by atoms with van der Waals surface area (Å²) in [5, 5.41) is 7.15. The van der Waals surface area contributed by atoms with E-state index in [9.17, 15) is 0 Å². The third-order valence-electron chi connectivity index (χ3n) is 3.41. The van der Waals surface area contributed by atoms with Crippen molar-refractivity contribution in [2.24, 2.45) is 0 Å². The van der Waals surface area contributed by atoms with Crippen LogP contribution < -0.4 is 5.32 Å². The van der Waals surface area contributed by atoms with Gasteiger partial charge in [0.15, 0.2) is 0 Å². The van der Waals surface area contributed by atoms with Gasteiger partial charge in [-0.25, -0.2) is 4.98 Å². The minimum Gasteiger partial charge on any atom is -0.309 e. The van der Waals surface area contributed by atoms with Gasteiger partial charge in [-0.1, -0.05) is 6.42 Å². The number of thiazole rings is 1. The summed E-state index contributed by atoms with van der Waals surface area (Å²) >= 11 is 1.87. The van der Waals surface area contributed by atoms with Gasteiger partial charge in [0.1, 0.15) is 0 Å². The highest BCUT2D eigenvalue weighted by atomic mass is 32.1. The van der Waals surface area contributed by atoms with Crippen molar-refractivity contribution in [2.75, 3.05) is 6.54 Å². The van der Waals surface area contributed by atoms with Gasteiger partial charge in [-0.3, -0.25) is 0 Å². The molecule has 76 valence electrons. The van der Waals surface area contributed by atoms with E-state index in [0.717, 1.165) is 5.92 Å². The molecule has 1 aliphatic carbocycles. The molecule has 3 rings (SSSR count). The molecule has 2 heterocycles. The second-order valence-electron chi connectivity index (χ2n) is 4.39. The molecule has 14 heavy (non-hydrogen) atoms. The van der Waals surface area contributed by atoms with E-state index < -0.39 is 0 Å². The Kier molecular flexibility index (Phi) is 2.30. The van der Waals surface area contributed by atoms with Crippen LogP contribution in [-0.2, 0) is 0 Å². The molecule has 1 saturated carbocycles. The minimum atomic E-state index is 0.556. The Morgan fingerprint density at radius 2 is 2.21 bits per heavy atom. The van der Waals surface area contributed by atoms with Crippen molar-refractivity contribution in [3.05, 3.63) is 16.1 Å². The molecule has 1 N–H and O–H groups in total. The average molecular weight is 208 g/mol. The zero-order valence-electron chi connectivity index (χ0n) is 8.33. The fraction of sp³-hybridized carbons (Fsp3) is 0.727. The first kappa shape index (κ1) is 8.86. The van der Waals surface area contributed by atoms with Crippen molar-refractivity contribution < 1.29 is 0 Å². The minimum absolute atomic E-state index is 0.556. The molecule has 1 aromatic rings. The van der Waals surface area contributed by atoms with Crippen molar-refractivity contribution in [1.82, 2.24) is 10.3 Å². The Morgan fingerprint density at radius 1 is 1.29 bits per heavy atom. The first-order chi connectivity index (χ1) is 6.93. The summed E-state index contributed by atoms with van der Waals surface area (Å²) in [7, 11) is 0. The summed E-state index contributed by atoms with van der Waals surface area (Å²) in [6.45, 7) is 1.17. The van der Waals surface area contributed by atoms with Gasteiger partial charge >= 0.3 is 0 Å². The van der Waals surface area contributed by atoms with Crippen LogP contribution in [0.25, 0.3) is 0 Å². The molecule has 0 bridgehead atoms. The summed E-state index contributed by atoms with van der Waals surface area (Å²) in [6.07, 6.45) is 6.71. The number of hydrogen-bond donors (Lipinski definition) is 1. The van der Waals surface area contributed by atoms with E-state index in [1.54, 1.807) is 0 Å². The zero-order valence-corrected chi connectivity index (χ0v) is 9.15. The predicted octanol–water partition coefficient (Wildman–Crippen LogP) is 2.84. The van der Waals surface area contributed by atoms with Gasteiger partial charge < -0.3 is 5.32 Å².